The molecule has 1 atom stereocenters. The van der Waals surface area contributed by atoms with Crippen LogP contribution in [0.4, 0.5) is 0 Å². The number of hydrogen-bond donors (Lipinski definition) is 1. The number of nitrogens with one attached hydrogen (secondary N) is 1. The van der Waals surface area contributed by atoms with Crippen LogP contribution in [-0.2, 0) is 4.79 Å². The van der Waals surface area contributed by atoms with E-state index in [4.69, 9.17) is 9.47 Å². The normalized spacial score (nSPS) is 22.2. The van der Waals surface area contributed by atoms with Crippen LogP contribution in [0, 0.1) is 5.92 Å². The van der Waals surface area contributed by atoms with E-state index < -0.39 is 0 Å². The Morgan fingerprint density at radius 3 is 2.74 bits per heavy atom. The van der Waals surface area contributed by atoms with E-state index in [1.807, 2.05) is 24.3 Å². The third kappa shape index (κ3) is 2.83. The Labute approximate surface area is 113 Å². The van der Waals surface area contributed by atoms with Crippen molar-refractivity contribution in [3.05, 3.63) is 24.3 Å². The maximum absolute atomic E-state index is 11.9. The number of fused-ring (bicyclic) bond motifs is 1. The van der Waals surface area contributed by atoms with E-state index in [0.29, 0.717) is 13.2 Å². The van der Waals surface area contributed by atoms with Crippen molar-refractivity contribution in [2.75, 3.05) is 13.2 Å². The molecule has 3 rings (SSSR count). The van der Waals surface area contributed by atoms with Gasteiger partial charge in [0, 0.05) is 5.92 Å². The van der Waals surface area contributed by atoms with Crippen LogP contribution in [0.5, 0.6) is 11.5 Å². The van der Waals surface area contributed by atoms with Crippen LogP contribution < -0.4 is 14.8 Å². The lowest BCUT2D eigenvalue weighted by Crippen LogP contribution is -2.42. The minimum Gasteiger partial charge on any atom is -0.486 e. The van der Waals surface area contributed by atoms with E-state index >= 15 is 0 Å². The van der Waals surface area contributed by atoms with Crippen molar-refractivity contribution in [2.45, 2.75) is 31.8 Å². The van der Waals surface area contributed by atoms with Gasteiger partial charge in [0.2, 0.25) is 5.91 Å². The topological polar surface area (TPSA) is 47.6 Å². The lowest BCUT2D eigenvalue weighted by molar-refractivity contribution is -0.125. The smallest absolute Gasteiger partial charge is 0.223 e. The van der Waals surface area contributed by atoms with Crippen molar-refractivity contribution in [2.24, 2.45) is 5.92 Å². The van der Waals surface area contributed by atoms with Gasteiger partial charge in [-0.05, 0) is 25.0 Å². The average molecular weight is 261 g/mol. The van der Waals surface area contributed by atoms with Gasteiger partial charge < -0.3 is 14.8 Å². The summed E-state index contributed by atoms with van der Waals surface area (Å²) in [5, 5.41) is 2.98. The zero-order valence-electron chi connectivity index (χ0n) is 10.9. The summed E-state index contributed by atoms with van der Waals surface area (Å²) in [5.41, 5.74) is 0. The highest BCUT2D eigenvalue weighted by Gasteiger charge is 2.25. The maximum atomic E-state index is 11.9. The number of ether oxygens (including phenoxy) is 2. The van der Waals surface area contributed by atoms with Gasteiger partial charge in [-0.2, -0.15) is 0 Å². The van der Waals surface area contributed by atoms with Crippen molar-refractivity contribution in [3.63, 3.8) is 0 Å². The second-order valence-electron chi connectivity index (χ2n) is 5.22. The summed E-state index contributed by atoms with van der Waals surface area (Å²) in [4.78, 5) is 11.9. The first-order valence-electron chi connectivity index (χ1n) is 6.99. The highest BCUT2D eigenvalue weighted by Crippen LogP contribution is 2.30. The highest BCUT2D eigenvalue weighted by molar-refractivity contribution is 5.78. The first-order chi connectivity index (χ1) is 9.33. The summed E-state index contributed by atoms with van der Waals surface area (Å²) in [5.74, 6) is 1.91. The van der Waals surface area contributed by atoms with E-state index in [2.05, 4.69) is 5.32 Å². The van der Waals surface area contributed by atoms with Crippen molar-refractivity contribution >= 4 is 5.91 Å². The number of benzene rings is 1. The molecule has 1 N–H and O–H groups in total. The molecule has 2 aliphatic rings. The van der Waals surface area contributed by atoms with E-state index in [-0.39, 0.29) is 17.9 Å². The van der Waals surface area contributed by atoms with E-state index in [1.165, 1.54) is 12.8 Å². The predicted octanol–water partition coefficient (Wildman–Crippen LogP) is 2.13. The van der Waals surface area contributed by atoms with Crippen molar-refractivity contribution in [3.8, 4) is 11.5 Å². The standard InChI is InChI=1S/C15H19NO3/c17-15(11-5-1-2-6-11)16-9-12-10-18-13-7-3-4-8-14(13)19-12/h3-4,7-8,11-12H,1-2,5-6,9-10H2,(H,16,17)/t12-/m0/s1. The largest absolute Gasteiger partial charge is 0.486 e. The minimum absolute atomic E-state index is 0.0970. The van der Waals surface area contributed by atoms with Crippen molar-refractivity contribution < 1.29 is 14.3 Å². The summed E-state index contributed by atoms with van der Waals surface area (Å²) in [6, 6.07) is 7.62. The molecule has 1 aromatic carbocycles. The van der Waals surface area contributed by atoms with E-state index in [1.54, 1.807) is 0 Å². The van der Waals surface area contributed by atoms with E-state index in [0.717, 1.165) is 24.3 Å². The molecule has 1 amide bonds. The quantitative estimate of drug-likeness (QED) is 0.906. The van der Waals surface area contributed by atoms with Crippen LogP contribution in [0.3, 0.4) is 0 Å². The Hall–Kier alpha value is -1.71. The fourth-order valence-corrected chi connectivity index (χ4v) is 2.71. The molecular formula is C15H19NO3. The van der Waals surface area contributed by atoms with Gasteiger partial charge in [0.15, 0.2) is 11.5 Å². The summed E-state index contributed by atoms with van der Waals surface area (Å²) in [7, 11) is 0. The summed E-state index contributed by atoms with van der Waals surface area (Å²) in [6.07, 6.45) is 4.30. The Kier molecular flexibility index (Phi) is 3.58. The molecule has 1 saturated carbocycles. The van der Waals surface area contributed by atoms with Crippen LogP contribution in [0.25, 0.3) is 0 Å². The molecule has 1 aliphatic carbocycles. The number of carbonyl (C=O) groups is 1. The molecule has 0 spiro atoms. The van der Waals surface area contributed by atoms with Crippen LogP contribution in [0.15, 0.2) is 24.3 Å². The van der Waals surface area contributed by atoms with Crippen molar-refractivity contribution in [1.82, 2.24) is 5.32 Å². The van der Waals surface area contributed by atoms with Crippen LogP contribution >= 0.6 is 0 Å². The monoisotopic (exact) mass is 261 g/mol. The van der Waals surface area contributed by atoms with Gasteiger partial charge in [-0.25, -0.2) is 0 Å². The molecule has 19 heavy (non-hydrogen) atoms. The number of amides is 1. The Bertz CT molecular complexity index is 454. The van der Waals surface area contributed by atoms with Gasteiger partial charge in [0.25, 0.3) is 0 Å². The minimum atomic E-state index is -0.0970. The van der Waals surface area contributed by atoms with Gasteiger partial charge >= 0.3 is 0 Å². The highest BCUT2D eigenvalue weighted by atomic mass is 16.6. The molecular weight excluding hydrogens is 242 g/mol. The average Bonchev–Trinajstić information content (AvgIpc) is 2.99. The molecule has 0 saturated heterocycles. The summed E-state index contributed by atoms with van der Waals surface area (Å²) < 4.78 is 11.4. The second kappa shape index (κ2) is 5.51. The van der Waals surface area contributed by atoms with E-state index in [9.17, 15) is 4.79 Å². The molecule has 0 aromatic heterocycles. The van der Waals surface area contributed by atoms with Crippen molar-refractivity contribution in [1.29, 1.82) is 0 Å². The Morgan fingerprint density at radius 1 is 1.21 bits per heavy atom. The fourth-order valence-electron chi connectivity index (χ4n) is 2.71. The molecule has 1 heterocycles. The second-order valence-corrected chi connectivity index (χ2v) is 5.22. The summed E-state index contributed by atoms with van der Waals surface area (Å²) >= 11 is 0. The van der Waals surface area contributed by atoms with Crippen LogP contribution in [0.1, 0.15) is 25.7 Å². The lowest BCUT2D eigenvalue weighted by Gasteiger charge is -2.26. The zero-order chi connectivity index (χ0) is 13.1. The fraction of sp³-hybridized carbons (Fsp3) is 0.533. The number of hydrogen-bond acceptors (Lipinski definition) is 3. The SMILES string of the molecule is O=C(NC[C@H]1COc2ccccc2O1)C1CCCC1. The molecule has 4 nitrogen and oxygen atoms in total. The van der Waals surface area contributed by atoms with Crippen LogP contribution in [0.2, 0.25) is 0 Å². The summed E-state index contributed by atoms with van der Waals surface area (Å²) in [6.45, 7) is 1.01. The zero-order valence-corrected chi connectivity index (χ0v) is 10.9. The third-order valence-corrected chi connectivity index (χ3v) is 3.80. The van der Waals surface area contributed by atoms with Gasteiger partial charge in [-0.1, -0.05) is 25.0 Å². The number of carbonyl (C=O) groups excluding carboxylic acids is 1. The molecule has 0 unspecified atom stereocenters. The number of rotatable bonds is 3. The first-order valence-corrected chi connectivity index (χ1v) is 6.99. The lowest BCUT2D eigenvalue weighted by atomic mass is 10.1. The van der Waals surface area contributed by atoms with Crippen LogP contribution in [-0.4, -0.2) is 25.2 Å². The Balaban J connectivity index is 1.50. The maximum Gasteiger partial charge on any atom is 0.223 e. The van der Waals surface area contributed by atoms with Gasteiger partial charge in [-0.15, -0.1) is 0 Å². The Morgan fingerprint density at radius 2 is 1.95 bits per heavy atom. The molecule has 0 bridgehead atoms. The third-order valence-electron chi connectivity index (χ3n) is 3.80. The van der Waals surface area contributed by atoms with Gasteiger partial charge in [-0.3, -0.25) is 4.79 Å². The predicted molar refractivity (Wildman–Crippen MR) is 71.3 cm³/mol. The van der Waals surface area contributed by atoms with Gasteiger partial charge in [0.1, 0.15) is 12.7 Å². The molecule has 1 fully saturated rings. The van der Waals surface area contributed by atoms with Gasteiger partial charge in [0.05, 0.1) is 6.54 Å². The molecule has 4 heteroatoms. The molecule has 1 aliphatic heterocycles. The number of para-hydroxylation sites is 2. The molecule has 102 valence electrons. The molecule has 1 aromatic rings. The first kappa shape index (κ1) is 12.3. The molecule has 0 radical (unpaired) electrons.